The fourth-order valence-corrected chi connectivity index (χ4v) is 2.65. The third-order valence-corrected chi connectivity index (χ3v) is 3.82. The Balaban J connectivity index is 2.31. The van der Waals surface area contributed by atoms with Crippen LogP contribution in [0.25, 0.3) is 22.3 Å². The average molecular weight is 372 g/mol. The molecule has 0 aliphatic carbocycles. The van der Waals surface area contributed by atoms with Crippen LogP contribution in [0.3, 0.4) is 0 Å². The van der Waals surface area contributed by atoms with Gasteiger partial charge in [-0.05, 0) is 18.2 Å². The Morgan fingerprint density at radius 2 is 1.74 bits per heavy atom. The second-order valence-corrected chi connectivity index (χ2v) is 5.59. The van der Waals surface area contributed by atoms with E-state index in [0.717, 1.165) is 0 Å². The molecule has 1 aromatic heterocycles. The average Bonchev–Trinajstić information content (AvgIpc) is 2.63. The van der Waals surface area contributed by atoms with Crippen LogP contribution in [0.15, 0.2) is 39.5 Å². The molecule has 140 valence electrons. The first kappa shape index (κ1) is 18.1. The van der Waals surface area contributed by atoms with Gasteiger partial charge in [0.2, 0.25) is 5.75 Å². The van der Waals surface area contributed by atoms with Crippen molar-refractivity contribution >= 4 is 16.9 Å². The van der Waals surface area contributed by atoms with Gasteiger partial charge < -0.3 is 28.8 Å². The lowest BCUT2D eigenvalue weighted by molar-refractivity contribution is -0.132. The molecule has 0 saturated heterocycles. The van der Waals surface area contributed by atoms with Crippen LogP contribution in [-0.4, -0.2) is 30.4 Å². The molecular weight excluding hydrogens is 356 g/mol. The Morgan fingerprint density at radius 1 is 1.00 bits per heavy atom. The second-order valence-electron chi connectivity index (χ2n) is 5.59. The Kier molecular flexibility index (Phi) is 4.64. The molecule has 0 unspecified atom stereocenters. The highest BCUT2D eigenvalue weighted by Crippen LogP contribution is 2.43. The summed E-state index contributed by atoms with van der Waals surface area (Å²) >= 11 is 0. The van der Waals surface area contributed by atoms with Crippen LogP contribution >= 0.6 is 0 Å². The van der Waals surface area contributed by atoms with Crippen LogP contribution in [0.4, 0.5) is 0 Å². The van der Waals surface area contributed by atoms with Crippen molar-refractivity contribution in [2.24, 2.45) is 0 Å². The third kappa shape index (κ3) is 3.24. The molecule has 2 aromatic carbocycles. The first-order valence-corrected chi connectivity index (χ1v) is 7.79. The largest absolute Gasteiger partial charge is 0.504 e. The van der Waals surface area contributed by atoms with Gasteiger partial charge >= 0.3 is 5.97 Å². The summed E-state index contributed by atoms with van der Waals surface area (Å²) in [6, 6.07) is 6.64. The molecule has 0 atom stereocenters. The first-order chi connectivity index (χ1) is 12.8. The van der Waals surface area contributed by atoms with Crippen molar-refractivity contribution in [1.29, 1.82) is 0 Å². The van der Waals surface area contributed by atoms with E-state index in [4.69, 9.17) is 18.6 Å². The minimum absolute atomic E-state index is 0.00778. The lowest BCUT2D eigenvalue weighted by atomic mass is 10.1. The van der Waals surface area contributed by atoms with E-state index >= 15 is 0 Å². The van der Waals surface area contributed by atoms with E-state index in [9.17, 15) is 19.8 Å². The Hall–Kier alpha value is -3.68. The number of phenols is 2. The number of fused-ring (bicyclic) bond motifs is 1. The van der Waals surface area contributed by atoms with Gasteiger partial charge in [0.15, 0.2) is 28.4 Å². The van der Waals surface area contributed by atoms with E-state index in [0.29, 0.717) is 5.56 Å². The van der Waals surface area contributed by atoms with Gasteiger partial charge in [0.25, 0.3) is 0 Å². The number of hydrogen-bond donors (Lipinski definition) is 2. The molecule has 8 heteroatoms. The van der Waals surface area contributed by atoms with Crippen LogP contribution in [0.1, 0.15) is 6.92 Å². The maximum atomic E-state index is 12.7. The van der Waals surface area contributed by atoms with E-state index in [-0.39, 0.29) is 45.5 Å². The van der Waals surface area contributed by atoms with Gasteiger partial charge in [-0.25, -0.2) is 0 Å². The third-order valence-electron chi connectivity index (χ3n) is 3.82. The molecule has 0 fully saturated rings. The molecule has 2 N–H and O–H groups in total. The van der Waals surface area contributed by atoms with Crippen molar-refractivity contribution in [3.8, 4) is 40.1 Å². The number of phenolic OH excluding ortho intramolecular Hbond substituents is 2. The first-order valence-electron chi connectivity index (χ1n) is 7.79. The fourth-order valence-electron chi connectivity index (χ4n) is 2.65. The summed E-state index contributed by atoms with van der Waals surface area (Å²) in [4.78, 5) is 24.1. The zero-order valence-electron chi connectivity index (χ0n) is 14.7. The number of methoxy groups -OCH3 is 2. The summed E-state index contributed by atoms with van der Waals surface area (Å²) in [6.07, 6.45) is 0. The van der Waals surface area contributed by atoms with Crippen LogP contribution in [0.2, 0.25) is 0 Å². The van der Waals surface area contributed by atoms with Crippen LogP contribution in [0, 0.1) is 0 Å². The topological polar surface area (TPSA) is 115 Å². The molecule has 0 aliphatic rings. The number of ether oxygens (including phenoxy) is 3. The minimum atomic E-state index is -0.605. The lowest BCUT2D eigenvalue weighted by Gasteiger charge is -2.14. The quantitative estimate of drug-likeness (QED) is 0.408. The summed E-state index contributed by atoms with van der Waals surface area (Å²) in [5.41, 5.74) is 0.0627. The van der Waals surface area contributed by atoms with E-state index in [1.807, 2.05) is 0 Å². The lowest BCUT2D eigenvalue weighted by Crippen LogP contribution is -2.08. The van der Waals surface area contributed by atoms with Crippen molar-refractivity contribution in [3.05, 3.63) is 40.6 Å². The minimum Gasteiger partial charge on any atom is -0.504 e. The van der Waals surface area contributed by atoms with Crippen molar-refractivity contribution in [2.45, 2.75) is 6.92 Å². The molecule has 0 radical (unpaired) electrons. The zero-order valence-corrected chi connectivity index (χ0v) is 14.7. The van der Waals surface area contributed by atoms with Gasteiger partial charge in [0.05, 0.1) is 14.2 Å². The SMILES string of the molecule is COc1cc2oc(-c3ccc(O)c(O)c3)cc(=O)c2c(OC)c1OC(C)=O. The van der Waals surface area contributed by atoms with Crippen molar-refractivity contribution in [3.63, 3.8) is 0 Å². The maximum absolute atomic E-state index is 12.7. The number of rotatable bonds is 4. The summed E-state index contributed by atoms with van der Waals surface area (Å²) in [6.45, 7) is 1.21. The molecule has 0 amide bonds. The molecule has 8 nitrogen and oxygen atoms in total. The second kappa shape index (κ2) is 6.91. The summed E-state index contributed by atoms with van der Waals surface area (Å²) < 4.78 is 21.4. The number of carbonyl (C=O) groups excluding carboxylic acids is 1. The predicted octanol–water partition coefficient (Wildman–Crippen LogP) is 2.81. The van der Waals surface area contributed by atoms with E-state index in [2.05, 4.69) is 0 Å². The van der Waals surface area contributed by atoms with E-state index in [1.165, 1.54) is 51.5 Å². The molecule has 3 rings (SSSR count). The molecule has 0 spiro atoms. The van der Waals surface area contributed by atoms with Gasteiger partial charge in [-0.3, -0.25) is 9.59 Å². The van der Waals surface area contributed by atoms with Crippen molar-refractivity contribution in [1.82, 2.24) is 0 Å². The van der Waals surface area contributed by atoms with Gasteiger partial charge in [-0.15, -0.1) is 0 Å². The highest BCUT2D eigenvalue weighted by molar-refractivity contribution is 5.91. The Bertz CT molecular complexity index is 1100. The van der Waals surface area contributed by atoms with Gasteiger partial charge in [0, 0.05) is 24.6 Å². The van der Waals surface area contributed by atoms with E-state index in [1.54, 1.807) is 0 Å². The smallest absolute Gasteiger partial charge is 0.308 e. The van der Waals surface area contributed by atoms with Gasteiger partial charge in [0.1, 0.15) is 16.7 Å². The Morgan fingerprint density at radius 3 is 2.33 bits per heavy atom. The fraction of sp³-hybridized carbons (Fsp3) is 0.158. The van der Waals surface area contributed by atoms with E-state index < -0.39 is 11.4 Å². The summed E-state index contributed by atoms with van der Waals surface area (Å²) in [5.74, 6) is -0.968. The molecule has 1 heterocycles. The summed E-state index contributed by atoms with van der Waals surface area (Å²) in [5, 5.41) is 19.2. The zero-order chi connectivity index (χ0) is 19.7. The molecule has 0 saturated carbocycles. The number of hydrogen-bond acceptors (Lipinski definition) is 8. The molecule has 27 heavy (non-hydrogen) atoms. The molecule has 0 aliphatic heterocycles. The molecular formula is C19H16O8. The number of benzene rings is 2. The standard InChI is InChI=1S/C19H16O8/c1-9(20)26-18-16(24-2)8-15-17(19(18)25-3)13(23)7-14(27-15)10-4-5-11(21)12(22)6-10/h4-8,21-22H,1-3H3. The number of aromatic hydroxyl groups is 2. The summed E-state index contributed by atoms with van der Waals surface area (Å²) in [7, 11) is 2.69. The highest BCUT2D eigenvalue weighted by Gasteiger charge is 2.22. The van der Waals surface area contributed by atoms with Crippen LogP contribution < -0.4 is 19.6 Å². The molecule has 3 aromatic rings. The number of esters is 1. The predicted molar refractivity (Wildman–Crippen MR) is 95.7 cm³/mol. The van der Waals surface area contributed by atoms with Crippen LogP contribution in [0.5, 0.6) is 28.7 Å². The number of carbonyl (C=O) groups is 1. The monoisotopic (exact) mass is 372 g/mol. The Labute approximate surface area is 153 Å². The van der Waals surface area contributed by atoms with Gasteiger partial charge in [-0.2, -0.15) is 0 Å². The van der Waals surface area contributed by atoms with Crippen molar-refractivity contribution < 1.29 is 33.6 Å². The van der Waals surface area contributed by atoms with Crippen LogP contribution in [-0.2, 0) is 4.79 Å². The van der Waals surface area contributed by atoms with Gasteiger partial charge in [-0.1, -0.05) is 0 Å². The normalized spacial score (nSPS) is 10.6. The highest BCUT2D eigenvalue weighted by atomic mass is 16.6. The molecule has 0 bridgehead atoms. The van der Waals surface area contributed by atoms with Crippen molar-refractivity contribution in [2.75, 3.05) is 14.2 Å². The maximum Gasteiger partial charge on any atom is 0.308 e.